The first-order valence-electron chi connectivity index (χ1n) is 8.70. The van der Waals surface area contributed by atoms with Gasteiger partial charge >= 0.3 is 29.8 Å². The van der Waals surface area contributed by atoms with E-state index in [0.717, 1.165) is 0 Å². The fraction of sp³-hybridized carbons (Fsp3) is 0.706. The van der Waals surface area contributed by atoms with Crippen LogP contribution in [0.3, 0.4) is 0 Å². The molecule has 0 amide bonds. The van der Waals surface area contributed by atoms with Crippen molar-refractivity contribution >= 4 is 29.8 Å². The molecule has 11 nitrogen and oxygen atoms in total. The largest absolute Gasteiger partial charge is 0.481 e. The number of carboxylic acid groups (broad SMARTS) is 3. The van der Waals surface area contributed by atoms with Crippen molar-refractivity contribution in [2.24, 2.45) is 11.3 Å². The molecular formula is C17H26O11. The van der Waals surface area contributed by atoms with Gasteiger partial charge in [-0.15, -0.1) is 0 Å². The minimum absolute atomic E-state index is 0.0309. The highest BCUT2D eigenvalue weighted by Crippen LogP contribution is 2.47. The van der Waals surface area contributed by atoms with Gasteiger partial charge in [-0.25, -0.2) is 4.79 Å². The molecule has 0 rings (SSSR count). The highest BCUT2D eigenvalue weighted by Gasteiger charge is 2.69. The number of hydrogen-bond donors (Lipinski definition) is 4. The van der Waals surface area contributed by atoms with Gasteiger partial charge in [-0.2, -0.15) is 0 Å². The lowest BCUT2D eigenvalue weighted by molar-refractivity contribution is -0.211. The molecule has 0 fully saturated rings. The van der Waals surface area contributed by atoms with Crippen LogP contribution in [0.2, 0.25) is 0 Å². The summed E-state index contributed by atoms with van der Waals surface area (Å²) in [5.41, 5.74) is -6.53. The third-order valence-electron chi connectivity index (χ3n) is 4.34. The number of carbonyl (C=O) groups is 5. The molecule has 0 aromatic rings. The Morgan fingerprint density at radius 3 is 1.61 bits per heavy atom. The average molecular weight is 406 g/mol. The van der Waals surface area contributed by atoms with Crippen molar-refractivity contribution in [1.82, 2.24) is 0 Å². The Labute approximate surface area is 161 Å². The van der Waals surface area contributed by atoms with Crippen molar-refractivity contribution in [3.63, 3.8) is 0 Å². The second-order valence-electron chi connectivity index (χ2n) is 6.05. The molecule has 0 aliphatic rings. The Hall–Kier alpha value is -2.69. The van der Waals surface area contributed by atoms with E-state index in [1.807, 2.05) is 0 Å². The van der Waals surface area contributed by atoms with E-state index in [-0.39, 0.29) is 19.6 Å². The summed E-state index contributed by atoms with van der Waals surface area (Å²) in [5.74, 6) is -11.3. The molecule has 4 N–H and O–H groups in total. The first-order chi connectivity index (χ1) is 13.0. The summed E-state index contributed by atoms with van der Waals surface area (Å²) in [6.45, 7) is 3.81. The molecule has 0 aromatic carbocycles. The predicted molar refractivity (Wildman–Crippen MR) is 91.2 cm³/mol. The molecule has 0 aromatic heterocycles. The topological polar surface area (TPSA) is 185 Å². The zero-order valence-electron chi connectivity index (χ0n) is 16.0. The molecular weight excluding hydrogens is 380 g/mol. The molecule has 11 heteroatoms. The third-order valence-corrected chi connectivity index (χ3v) is 4.34. The molecule has 0 radical (unpaired) electrons. The smallest absolute Gasteiger partial charge is 0.337 e. The molecule has 0 aliphatic carbocycles. The maximum Gasteiger partial charge on any atom is 0.337 e. The van der Waals surface area contributed by atoms with Crippen molar-refractivity contribution in [3.8, 4) is 0 Å². The number of ether oxygens (including phenoxy) is 2. The van der Waals surface area contributed by atoms with Crippen molar-refractivity contribution in [2.45, 2.75) is 52.1 Å². The Morgan fingerprint density at radius 1 is 0.857 bits per heavy atom. The number of aliphatic carboxylic acids is 3. The van der Waals surface area contributed by atoms with E-state index in [2.05, 4.69) is 0 Å². The molecule has 0 spiro atoms. The van der Waals surface area contributed by atoms with Crippen LogP contribution in [0.25, 0.3) is 0 Å². The highest BCUT2D eigenvalue weighted by atomic mass is 16.6. The van der Waals surface area contributed by atoms with Gasteiger partial charge < -0.3 is 29.9 Å². The van der Waals surface area contributed by atoms with Gasteiger partial charge in [0.2, 0.25) is 0 Å². The van der Waals surface area contributed by atoms with Crippen molar-refractivity contribution in [2.75, 3.05) is 13.2 Å². The molecule has 2 atom stereocenters. The Balaban J connectivity index is 7.01. The summed E-state index contributed by atoms with van der Waals surface area (Å²) in [7, 11) is 0. The van der Waals surface area contributed by atoms with Crippen molar-refractivity contribution < 1.29 is 53.9 Å². The average Bonchev–Trinajstić information content (AvgIpc) is 2.57. The summed E-state index contributed by atoms with van der Waals surface area (Å²) < 4.78 is 9.47. The van der Waals surface area contributed by atoms with Gasteiger partial charge in [0.1, 0.15) is 5.41 Å². The number of hydrogen-bond acceptors (Lipinski definition) is 8. The molecule has 0 saturated carbocycles. The maximum absolute atomic E-state index is 12.5. The second kappa shape index (κ2) is 10.6. The molecule has 0 bridgehead atoms. The fourth-order valence-corrected chi connectivity index (χ4v) is 3.05. The minimum atomic E-state index is -3.50. The molecule has 0 heterocycles. The van der Waals surface area contributed by atoms with Crippen LogP contribution in [0.5, 0.6) is 0 Å². The van der Waals surface area contributed by atoms with Crippen LogP contribution in [-0.2, 0) is 33.4 Å². The van der Waals surface area contributed by atoms with Gasteiger partial charge in [0, 0.05) is 0 Å². The molecule has 160 valence electrons. The Bertz CT molecular complexity index is 596. The van der Waals surface area contributed by atoms with Gasteiger partial charge in [-0.3, -0.25) is 19.2 Å². The summed E-state index contributed by atoms with van der Waals surface area (Å²) in [6, 6.07) is 0. The van der Waals surface area contributed by atoms with Crippen LogP contribution in [0, 0.1) is 11.3 Å². The van der Waals surface area contributed by atoms with Crippen LogP contribution in [0.15, 0.2) is 0 Å². The maximum atomic E-state index is 12.5. The quantitative estimate of drug-likeness (QED) is 0.243. The van der Waals surface area contributed by atoms with E-state index in [1.54, 1.807) is 6.92 Å². The van der Waals surface area contributed by atoms with E-state index in [9.17, 15) is 39.3 Å². The predicted octanol–water partition coefficient (Wildman–Crippen LogP) is 0.280. The fourth-order valence-electron chi connectivity index (χ4n) is 3.05. The van der Waals surface area contributed by atoms with Gasteiger partial charge in [-0.05, 0) is 20.3 Å². The number of esters is 2. The number of carboxylic acids is 3. The van der Waals surface area contributed by atoms with Crippen molar-refractivity contribution in [3.05, 3.63) is 0 Å². The lowest BCUT2D eigenvalue weighted by Gasteiger charge is -2.43. The van der Waals surface area contributed by atoms with E-state index in [0.29, 0.717) is 6.42 Å². The first kappa shape index (κ1) is 25.3. The third kappa shape index (κ3) is 4.97. The molecule has 0 aliphatic heterocycles. The van der Waals surface area contributed by atoms with Crippen LogP contribution in [0.4, 0.5) is 0 Å². The number of rotatable bonds is 13. The minimum Gasteiger partial charge on any atom is -0.481 e. The lowest BCUT2D eigenvalue weighted by Crippen LogP contribution is -2.65. The number of aliphatic hydroxyl groups is 1. The van der Waals surface area contributed by atoms with Gasteiger partial charge in [0.25, 0.3) is 0 Å². The number of carbonyl (C=O) groups excluding carboxylic acids is 2. The van der Waals surface area contributed by atoms with Crippen LogP contribution in [-0.4, -0.2) is 69.1 Å². The van der Waals surface area contributed by atoms with Crippen LogP contribution < -0.4 is 0 Å². The van der Waals surface area contributed by atoms with Crippen LogP contribution in [0.1, 0.15) is 46.5 Å². The standard InChI is InChI=1S/C17H26O11/c1-4-7-8-16(14(22)23,17(26,15(24)25)9-10(18)19)11(12(20)27-5-2)13(21)28-6-3/h11,26H,4-9H2,1-3H3,(H,18,19)(H,22,23)(H,24,25). The van der Waals surface area contributed by atoms with Crippen LogP contribution >= 0.6 is 0 Å². The Morgan fingerprint density at radius 2 is 1.32 bits per heavy atom. The summed E-state index contributed by atoms with van der Waals surface area (Å²) >= 11 is 0. The summed E-state index contributed by atoms with van der Waals surface area (Å²) in [4.78, 5) is 60.4. The molecule has 2 unspecified atom stereocenters. The van der Waals surface area contributed by atoms with Gasteiger partial charge in [0.15, 0.2) is 11.5 Å². The normalized spacial score (nSPS) is 15.2. The van der Waals surface area contributed by atoms with Gasteiger partial charge in [-0.1, -0.05) is 19.8 Å². The Kier molecular flexibility index (Phi) is 9.58. The first-order valence-corrected chi connectivity index (χ1v) is 8.70. The van der Waals surface area contributed by atoms with E-state index in [1.165, 1.54) is 13.8 Å². The summed E-state index contributed by atoms with van der Waals surface area (Å²) in [5, 5.41) is 39.4. The van der Waals surface area contributed by atoms with E-state index >= 15 is 0 Å². The second-order valence-corrected chi connectivity index (χ2v) is 6.05. The zero-order valence-corrected chi connectivity index (χ0v) is 16.0. The monoisotopic (exact) mass is 406 g/mol. The molecule has 28 heavy (non-hydrogen) atoms. The molecule has 0 saturated heterocycles. The zero-order chi connectivity index (χ0) is 22.1. The SMILES string of the molecule is CCCCC(C(=O)O)(C(C(=O)OCC)C(=O)OCC)C(O)(CC(=O)O)C(=O)O. The van der Waals surface area contributed by atoms with E-state index in [4.69, 9.17) is 14.6 Å². The van der Waals surface area contributed by atoms with E-state index < -0.39 is 59.6 Å². The van der Waals surface area contributed by atoms with Crippen molar-refractivity contribution in [1.29, 1.82) is 0 Å². The highest BCUT2D eigenvalue weighted by molar-refractivity contribution is 6.04. The number of unbranched alkanes of at least 4 members (excludes halogenated alkanes) is 1. The van der Waals surface area contributed by atoms with Gasteiger partial charge in [0.05, 0.1) is 19.6 Å². The summed E-state index contributed by atoms with van der Waals surface area (Å²) in [6.07, 6.45) is -1.97. The lowest BCUT2D eigenvalue weighted by atomic mass is 9.59.